The molecule has 74 valence electrons. The lowest BCUT2D eigenvalue weighted by atomic mass is 10.1. The second-order valence-corrected chi connectivity index (χ2v) is 3.73. The Hall–Kier alpha value is -1.04. The van der Waals surface area contributed by atoms with Crippen molar-refractivity contribution >= 4 is 11.6 Å². The molecule has 0 heterocycles. The van der Waals surface area contributed by atoms with Gasteiger partial charge in [0.25, 0.3) is 0 Å². The van der Waals surface area contributed by atoms with E-state index in [9.17, 15) is 0 Å². The van der Waals surface area contributed by atoms with Gasteiger partial charge in [0.2, 0.25) is 0 Å². The first-order valence-corrected chi connectivity index (χ1v) is 4.92. The average Bonchev–Trinajstić information content (AvgIpc) is 2.18. The number of halogens is 1. The summed E-state index contributed by atoms with van der Waals surface area (Å²) < 4.78 is 0. The van der Waals surface area contributed by atoms with E-state index in [0.717, 1.165) is 10.6 Å². The Kier molecular flexibility index (Phi) is 3.94. The van der Waals surface area contributed by atoms with Gasteiger partial charge in [-0.3, -0.25) is 5.32 Å². The molecule has 1 rings (SSSR count). The second kappa shape index (κ2) is 4.99. The fourth-order valence-electron chi connectivity index (χ4n) is 1.26. The summed E-state index contributed by atoms with van der Waals surface area (Å²) >= 11 is 5.78. The second-order valence-electron chi connectivity index (χ2n) is 3.29. The molecule has 0 saturated heterocycles. The quantitative estimate of drug-likeness (QED) is 0.829. The third-order valence-electron chi connectivity index (χ3n) is 2.06. The zero-order valence-corrected chi connectivity index (χ0v) is 9.05. The van der Waals surface area contributed by atoms with Crippen LogP contribution in [-0.4, -0.2) is 6.04 Å². The van der Waals surface area contributed by atoms with Crippen LogP contribution in [-0.2, 0) is 0 Å². The molecular weight excluding hydrogens is 196 g/mol. The van der Waals surface area contributed by atoms with E-state index in [1.807, 2.05) is 38.1 Å². The molecule has 0 spiro atoms. The number of hydrogen-bond donors (Lipinski definition) is 1. The van der Waals surface area contributed by atoms with E-state index in [-0.39, 0.29) is 12.1 Å². The van der Waals surface area contributed by atoms with Gasteiger partial charge in [-0.05, 0) is 31.5 Å². The van der Waals surface area contributed by atoms with Crippen LogP contribution in [0.1, 0.15) is 25.5 Å². The fraction of sp³-hybridized carbons (Fsp3) is 0.364. The maximum absolute atomic E-state index is 8.64. The van der Waals surface area contributed by atoms with Crippen LogP contribution < -0.4 is 5.32 Å². The Balaban J connectivity index is 2.66. The Labute approximate surface area is 89.5 Å². The van der Waals surface area contributed by atoms with E-state index in [4.69, 9.17) is 16.9 Å². The Morgan fingerprint density at radius 2 is 1.86 bits per heavy atom. The molecule has 3 heteroatoms. The highest BCUT2D eigenvalue weighted by atomic mass is 35.5. The predicted octanol–water partition coefficient (Wildman–Crippen LogP) is 2.90. The maximum Gasteiger partial charge on any atom is 0.0929 e. The molecule has 0 fully saturated rings. The van der Waals surface area contributed by atoms with Gasteiger partial charge < -0.3 is 0 Å². The Bertz CT molecular complexity index is 326. The molecule has 2 atom stereocenters. The van der Waals surface area contributed by atoms with Crippen molar-refractivity contribution in [2.45, 2.75) is 25.9 Å². The molecule has 2 nitrogen and oxygen atoms in total. The van der Waals surface area contributed by atoms with Crippen molar-refractivity contribution in [2.24, 2.45) is 0 Å². The van der Waals surface area contributed by atoms with Crippen molar-refractivity contribution in [1.29, 1.82) is 5.26 Å². The first kappa shape index (κ1) is 11.0. The first-order chi connectivity index (χ1) is 6.63. The zero-order chi connectivity index (χ0) is 10.6. The minimum Gasteiger partial charge on any atom is -0.296 e. The van der Waals surface area contributed by atoms with Gasteiger partial charge in [-0.25, -0.2) is 0 Å². The van der Waals surface area contributed by atoms with E-state index in [1.54, 1.807) is 0 Å². The summed E-state index contributed by atoms with van der Waals surface area (Å²) in [5.41, 5.74) is 1.14. The Morgan fingerprint density at radius 3 is 2.36 bits per heavy atom. The van der Waals surface area contributed by atoms with Crippen LogP contribution in [0.25, 0.3) is 0 Å². The summed E-state index contributed by atoms with van der Waals surface area (Å²) in [5, 5.41) is 12.5. The van der Waals surface area contributed by atoms with Gasteiger partial charge in [-0.15, -0.1) is 0 Å². The van der Waals surface area contributed by atoms with Crippen LogP contribution in [0.15, 0.2) is 24.3 Å². The molecule has 0 amide bonds. The topological polar surface area (TPSA) is 35.8 Å². The van der Waals surface area contributed by atoms with Crippen LogP contribution in [0.3, 0.4) is 0 Å². The number of rotatable bonds is 3. The summed E-state index contributed by atoms with van der Waals surface area (Å²) in [7, 11) is 0. The normalized spacial score (nSPS) is 14.4. The highest BCUT2D eigenvalue weighted by Crippen LogP contribution is 2.16. The lowest BCUT2D eigenvalue weighted by Crippen LogP contribution is -2.27. The highest BCUT2D eigenvalue weighted by Gasteiger charge is 2.07. The van der Waals surface area contributed by atoms with E-state index in [1.165, 1.54) is 0 Å². The van der Waals surface area contributed by atoms with Gasteiger partial charge in [0.15, 0.2) is 0 Å². The van der Waals surface area contributed by atoms with E-state index >= 15 is 0 Å². The maximum atomic E-state index is 8.64. The van der Waals surface area contributed by atoms with Gasteiger partial charge in [-0.1, -0.05) is 23.7 Å². The van der Waals surface area contributed by atoms with Gasteiger partial charge in [0, 0.05) is 11.1 Å². The van der Waals surface area contributed by atoms with Crippen molar-refractivity contribution in [3.05, 3.63) is 34.9 Å². The van der Waals surface area contributed by atoms with Crippen LogP contribution in [0.2, 0.25) is 5.02 Å². The SMILES string of the molecule is CC(C#N)N[C@H](C)c1ccc(Cl)cc1. The molecule has 0 aromatic heterocycles. The third kappa shape index (κ3) is 3.02. The largest absolute Gasteiger partial charge is 0.296 e. The molecule has 0 radical (unpaired) electrons. The van der Waals surface area contributed by atoms with Gasteiger partial charge >= 0.3 is 0 Å². The third-order valence-corrected chi connectivity index (χ3v) is 2.32. The standard InChI is InChI=1S/C11H13ClN2/c1-8(7-13)14-9(2)10-3-5-11(12)6-4-10/h3-6,8-9,14H,1-2H3/t8?,9-/m1/s1. The number of nitrogens with zero attached hydrogens (tertiary/aromatic N) is 1. The van der Waals surface area contributed by atoms with Crippen molar-refractivity contribution in [3.8, 4) is 6.07 Å². The van der Waals surface area contributed by atoms with Crippen molar-refractivity contribution in [3.63, 3.8) is 0 Å². The number of hydrogen-bond acceptors (Lipinski definition) is 2. The number of nitrogens with one attached hydrogen (secondary N) is 1. The van der Waals surface area contributed by atoms with Crippen LogP contribution >= 0.6 is 11.6 Å². The smallest absolute Gasteiger partial charge is 0.0929 e. The molecule has 1 unspecified atom stereocenters. The molecule has 0 aliphatic rings. The summed E-state index contributed by atoms with van der Waals surface area (Å²) in [6.45, 7) is 3.86. The predicted molar refractivity (Wildman–Crippen MR) is 58.1 cm³/mol. The summed E-state index contributed by atoms with van der Waals surface area (Å²) in [6, 6.07) is 9.80. The van der Waals surface area contributed by atoms with Gasteiger partial charge in [-0.2, -0.15) is 5.26 Å². The van der Waals surface area contributed by atoms with Crippen molar-refractivity contribution in [2.75, 3.05) is 0 Å². The summed E-state index contributed by atoms with van der Waals surface area (Å²) in [6.07, 6.45) is 0. The lowest BCUT2D eigenvalue weighted by Gasteiger charge is -2.15. The van der Waals surface area contributed by atoms with Gasteiger partial charge in [0.1, 0.15) is 0 Å². The highest BCUT2D eigenvalue weighted by molar-refractivity contribution is 6.30. The molecule has 0 aliphatic carbocycles. The first-order valence-electron chi connectivity index (χ1n) is 4.54. The molecule has 0 aliphatic heterocycles. The number of benzene rings is 1. The van der Waals surface area contributed by atoms with E-state index in [0.29, 0.717) is 0 Å². The monoisotopic (exact) mass is 208 g/mol. The minimum absolute atomic E-state index is 0.138. The minimum atomic E-state index is -0.138. The van der Waals surface area contributed by atoms with Crippen LogP contribution in [0.5, 0.6) is 0 Å². The average molecular weight is 209 g/mol. The zero-order valence-electron chi connectivity index (χ0n) is 8.29. The molecule has 1 N–H and O–H groups in total. The van der Waals surface area contributed by atoms with Gasteiger partial charge in [0.05, 0.1) is 12.1 Å². The summed E-state index contributed by atoms with van der Waals surface area (Å²) in [5.74, 6) is 0. The lowest BCUT2D eigenvalue weighted by molar-refractivity contribution is 0.543. The fourth-order valence-corrected chi connectivity index (χ4v) is 1.39. The summed E-state index contributed by atoms with van der Waals surface area (Å²) in [4.78, 5) is 0. The molecule has 0 bridgehead atoms. The van der Waals surface area contributed by atoms with Crippen LogP contribution in [0, 0.1) is 11.3 Å². The molecular formula is C11H13ClN2. The molecule has 1 aromatic rings. The van der Waals surface area contributed by atoms with Crippen molar-refractivity contribution < 1.29 is 0 Å². The van der Waals surface area contributed by atoms with Crippen LogP contribution in [0.4, 0.5) is 0 Å². The Morgan fingerprint density at radius 1 is 1.29 bits per heavy atom. The molecule has 0 saturated carbocycles. The molecule has 14 heavy (non-hydrogen) atoms. The van der Waals surface area contributed by atoms with E-state index < -0.39 is 0 Å². The van der Waals surface area contributed by atoms with Crippen molar-refractivity contribution in [1.82, 2.24) is 5.32 Å². The number of nitriles is 1. The molecule has 1 aromatic carbocycles. The van der Waals surface area contributed by atoms with E-state index in [2.05, 4.69) is 11.4 Å².